The molecule has 2 N–H and O–H groups in total. The third-order valence-electron chi connectivity index (χ3n) is 4.30. The zero-order valence-corrected chi connectivity index (χ0v) is 15.6. The molecule has 2 aromatic carbocycles. The number of nitrogens with one attached hydrogen (secondary N) is 2. The molecule has 2 atom stereocenters. The number of carbonyl (C=O) groups is 2. The molecule has 0 bridgehead atoms. The van der Waals surface area contributed by atoms with Gasteiger partial charge in [-0.2, -0.15) is 0 Å². The Kier molecular flexibility index (Phi) is 5.69. The molecule has 5 nitrogen and oxygen atoms in total. The monoisotopic (exact) mass is 392 g/mol. The van der Waals surface area contributed by atoms with Gasteiger partial charge in [0.1, 0.15) is 5.75 Å². The van der Waals surface area contributed by atoms with E-state index in [9.17, 15) is 9.59 Å². The quantitative estimate of drug-likeness (QED) is 0.783. The van der Waals surface area contributed by atoms with Crippen molar-refractivity contribution < 1.29 is 14.3 Å². The Morgan fingerprint density at radius 2 is 1.85 bits per heavy atom. The predicted octanol–water partition coefficient (Wildman–Crippen LogP) is 3.89. The van der Waals surface area contributed by atoms with Crippen LogP contribution in [0.4, 0.5) is 5.69 Å². The van der Waals surface area contributed by atoms with Crippen LogP contribution in [0.2, 0.25) is 10.0 Å². The third-order valence-corrected chi connectivity index (χ3v) is 4.85. The maximum atomic E-state index is 12.3. The largest absolute Gasteiger partial charge is 0.496 e. The third kappa shape index (κ3) is 4.29. The smallest absolute Gasteiger partial charge is 0.228 e. The highest BCUT2D eigenvalue weighted by Gasteiger charge is 2.48. The maximum Gasteiger partial charge on any atom is 0.228 e. The van der Waals surface area contributed by atoms with Gasteiger partial charge in [-0.25, -0.2) is 0 Å². The topological polar surface area (TPSA) is 67.4 Å². The van der Waals surface area contributed by atoms with Gasteiger partial charge in [0.2, 0.25) is 11.8 Å². The van der Waals surface area contributed by atoms with E-state index in [0.717, 1.165) is 11.3 Å². The predicted molar refractivity (Wildman–Crippen MR) is 102 cm³/mol. The average Bonchev–Trinajstić information content (AvgIpc) is 3.43. The highest BCUT2D eigenvalue weighted by Crippen LogP contribution is 2.40. The highest BCUT2D eigenvalue weighted by molar-refractivity contribution is 6.36. The Hall–Kier alpha value is -2.24. The molecule has 2 aromatic rings. The maximum absolute atomic E-state index is 12.3. The van der Waals surface area contributed by atoms with Gasteiger partial charge in [0, 0.05) is 17.1 Å². The first-order valence-electron chi connectivity index (χ1n) is 8.15. The molecule has 0 spiro atoms. The molecule has 0 aromatic heterocycles. The lowest BCUT2D eigenvalue weighted by Crippen LogP contribution is -2.27. The minimum Gasteiger partial charge on any atom is -0.496 e. The van der Waals surface area contributed by atoms with Crippen molar-refractivity contribution in [1.29, 1.82) is 0 Å². The van der Waals surface area contributed by atoms with Crippen LogP contribution >= 0.6 is 23.2 Å². The van der Waals surface area contributed by atoms with Gasteiger partial charge in [0.15, 0.2) is 0 Å². The van der Waals surface area contributed by atoms with Crippen LogP contribution in [0.5, 0.6) is 5.75 Å². The van der Waals surface area contributed by atoms with E-state index >= 15 is 0 Å². The van der Waals surface area contributed by atoms with Gasteiger partial charge in [-0.1, -0.05) is 41.4 Å². The number of hydrogen-bond acceptors (Lipinski definition) is 3. The van der Waals surface area contributed by atoms with E-state index in [4.69, 9.17) is 27.9 Å². The average molecular weight is 393 g/mol. The number of halogens is 2. The highest BCUT2D eigenvalue weighted by atomic mass is 35.5. The van der Waals surface area contributed by atoms with Gasteiger partial charge in [-0.3, -0.25) is 9.59 Å². The normalized spacial score (nSPS) is 18.1. The van der Waals surface area contributed by atoms with Gasteiger partial charge in [-0.15, -0.1) is 0 Å². The van der Waals surface area contributed by atoms with Crippen molar-refractivity contribution >= 4 is 40.7 Å². The number of methoxy groups -OCH3 is 1. The van der Waals surface area contributed by atoms with E-state index in [1.54, 1.807) is 25.3 Å². The minimum atomic E-state index is -0.348. The lowest BCUT2D eigenvalue weighted by molar-refractivity contribution is -0.125. The van der Waals surface area contributed by atoms with Gasteiger partial charge in [-0.05, 0) is 30.7 Å². The molecule has 26 heavy (non-hydrogen) atoms. The van der Waals surface area contributed by atoms with E-state index < -0.39 is 0 Å². The number of hydrogen-bond donors (Lipinski definition) is 2. The Morgan fingerprint density at radius 3 is 2.58 bits per heavy atom. The first kappa shape index (κ1) is 18.5. The lowest BCUT2D eigenvalue weighted by Gasteiger charge is -2.10. The van der Waals surface area contributed by atoms with E-state index in [2.05, 4.69) is 10.6 Å². The molecule has 7 heteroatoms. The van der Waals surface area contributed by atoms with E-state index in [0.29, 0.717) is 28.7 Å². The van der Waals surface area contributed by atoms with Gasteiger partial charge in [0.25, 0.3) is 0 Å². The fourth-order valence-electron chi connectivity index (χ4n) is 2.75. The van der Waals surface area contributed by atoms with Crippen molar-refractivity contribution in [2.75, 3.05) is 12.4 Å². The number of amides is 2. The SMILES string of the molecule is COc1ccccc1CNC(=O)C1CC1C(=O)Nc1ccc(Cl)cc1Cl. The first-order chi connectivity index (χ1) is 12.5. The summed E-state index contributed by atoms with van der Waals surface area (Å²) in [6.07, 6.45) is 0.523. The fourth-order valence-corrected chi connectivity index (χ4v) is 3.21. The summed E-state index contributed by atoms with van der Waals surface area (Å²) in [6, 6.07) is 12.3. The zero-order valence-electron chi connectivity index (χ0n) is 14.1. The number of para-hydroxylation sites is 1. The molecule has 0 saturated heterocycles. The van der Waals surface area contributed by atoms with Crippen molar-refractivity contribution in [3.63, 3.8) is 0 Å². The summed E-state index contributed by atoms with van der Waals surface area (Å²) in [4.78, 5) is 24.6. The van der Waals surface area contributed by atoms with Crippen LogP contribution in [0.25, 0.3) is 0 Å². The van der Waals surface area contributed by atoms with E-state index in [1.165, 1.54) is 0 Å². The molecule has 2 unspecified atom stereocenters. The number of rotatable bonds is 6. The molecule has 1 fully saturated rings. The lowest BCUT2D eigenvalue weighted by atomic mass is 10.2. The summed E-state index contributed by atoms with van der Waals surface area (Å²) >= 11 is 11.9. The van der Waals surface area contributed by atoms with Crippen molar-refractivity contribution in [3.8, 4) is 5.75 Å². The molecule has 136 valence electrons. The number of anilines is 1. The van der Waals surface area contributed by atoms with E-state index in [-0.39, 0.29) is 23.7 Å². The molecular weight excluding hydrogens is 375 g/mol. The minimum absolute atomic E-state index is 0.141. The second kappa shape index (κ2) is 7.98. The van der Waals surface area contributed by atoms with Crippen molar-refractivity contribution in [1.82, 2.24) is 5.32 Å². The second-order valence-electron chi connectivity index (χ2n) is 6.09. The molecule has 0 heterocycles. The summed E-state index contributed by atoms with van der Waals surface area (Å²) in [5.74, 6) is -0.310. The Labute approximate surface area is 161 Å². The standard InChI is InChI=1S/C19H18Cl2N2O3/c1-26-17-5-3-2-4-11(17)10-22-18(24)13-9-14(13)19(25)23-16-7-6-12(20)8-15(16)21/h2-8,13-14H,9-10H2,1H3,(H,22,24)(H,23,25). The number of ether oxygens (including phenoxy) is 1. The van der Waals surface area contributed by atoms with Crippen LogP contribution in [0.1, 0.15) is 12.0 Å². The summed E-state index contributed by atoms with van der Waals surface area (Å²) in [7, 11) is 1.59. The second-order valence-corrected chi connectivity index (χ2v) is 6.94. The van der Waals surface area contributed by atoms with Crippen molar-refractivity contribution in [2.45, 2.75) is 13.0 Å². The van der Waals surface area contributed by atoms with Crippen LogP contribution in [-0.4, -0.2) is 18.9 Å². The van der Waals surface area contributed by atoms with Crippen LogP contribution in [0, 0.1) is 11.8 Å². The molecule has 0 radical (unpaired) electrons. The van der Waals surface area contributed by atoms with Crippen LogP contribution in [0.3, 0.4) is 0 Å². The summed E-state index contributed by atoms with van der Waals surface area (Å²) in [5.41, 5.74) is 1.37. The zero-order chi connectivity index (χ0) is 18.7. The number of carbonyl (C=O) groups excluding carboxylic acids is 2. The summed E-state index contributed by atoms with van der Waals surface area (Å²) < 4.78 is 5.26. The number of benzene rings is 2. The van der Waals surface area contributed by atoms with Gasteiger partial charge in [0.05, 0.1) is 29.7 Å². The van der Waals surface area contributed by atoms with Crippen LogP contribution < -0.4 is 15.4 Å². The van der Waals surface area contributed by atoms with Gasteiger partial charge < -0.3 is 15.4 Å². The van der Waals surface area contributed by atoms with Gasteiger partial charge >= 0.3 is 0 Å². The van der Waals surface area contributed by atoms with E-state index in [1.807, 2.05) is 24.3 Å². The molecule has 1 aliphatic rings. The summed E-state index contributed by atoms with van der Waals surface area (Å²) in [6.45, 7) is 0.358. The van der Waals surface area contributed by atoms with Crippen molar-refractivity contribution in [2.24, 2.45) is 11.8 Å². The molecular formula is C19H18Cl2N2O3. The molecule has 1 saturated carbocycles. The van der Waals surface area contributed by atoms with Crippen LogP contribution in [0.15, 0.2) is 42.5 Å². The molecule has 1 aliphatic carbocycles. The first-order valence-corrected chi connectivity index (χ1v) is 8.90. The molecule has 3 rings (SSSR count). The Morgan fingerprint density at radius 1 is 1.12 bits per heavy atom. The fraction of sp³-hybridized carbons (Fsp3) is 0.263. The molecule has 2 amide bonds. The summed E-state index contributed by atoms with van der Waals surface area (Å²) in [5, 5.41) is 6.47. The van der Waals surface area contributed by atoms with Crippen LogP contribution in [-0.2, 0) is 16.1 Å². The molecule has 0 aliphatic heterocycles. The Bertz CT molecular complexity index is 841. The Balaban J connectivity index is 1.52. The van der Waals surface area contributed by atoms with Crippen molar-refractivity contribution in [3.05, 3.63) is 58.1 Å².